The molecule has 0 amide bonds. The zero-order chi connectivity index (χ0) is 13.2. The van der Waals surface area contributed by atoms with Crippen molar-refractivity contribution in [3.63, 3.8) is 0 Å². The average Bonchev–Trinajstić information content (AvgIpc) is 2.14. The molecular weight excluding hydrogens is 242 g/mol. The third-order valence-electron chi connectivity index (χ3n) is 3.39. The molecule has 17 heavy (non-hydrogen) atoms. The fourth-order valence-electron chi connectivity index (χ4n) is 2.83. The first-order chi connectivity index (χ1) is 7.77. The molecule has 2 N–H and O–H groups in total. The number of hydrogen-bond acceptors (Lipinski definition) is 5. The molecule has 1 aliphatic carbocycles. The second-order valence-corrected chi connectivity index (χ2v) is 7.22. The molecule has 1 rings (SSSR count). The molecular formula is C11H21NO4S. The van der Waals surface area contributed by atoms with Gasteiger partial charge in [-0.25, -0.2) is 8.42 Å². The van der Waals surface area contributed by atoms with E-state index < -0.39 is 26.8 Å². The van der Waals surface area contributed by atoms with Crippen LogP contribution in [-0.4, -0.2) is 38.5 Å². The first kappa shape index (κ1) is 14.4. The molecule has 0 aliphatic heterocycles. The quantitative estimate of drug-likeness (QED) is 0.742. The van der Waals surface area contributed by atoms with E-state index in [1.807, 2.05) is 6.92 Å². The minimum atomic E-state index is -3.52. The van der Waals surface area contributed by atoms with Gasteiger partial charge in [0.15, 0.2) is 9.84 Å². The van der Waals surface area contributed by atoms with Crippen LogP contribution in [-0.2, 0) is 19.4 Å². The third kappa shape index (κ3) is 3.42. The fourth-order valence-corrected chi connectivity index (χ4v) is 4.93. The Kier molecular flexibility index (Phi) is 4.55. The number of methoxy groups -OCH3 is 1. The van der Waals surface area contributed by atoms with Gasteiger partial charge < -0.3 is 10.5 Å². The molecule has 0 aromatic heterocycles. The molecule has 0 saturated heterocycles. The molecule has 1 fully saturated rings. The van der Waals surface area contributed by atoms with Gasteiger partial charge in [-0.1, -0.05) is 13.8 Å². The number of esters is 1. The van der Waals surface area contributed by atoms with Crippen molar-refractivity contribution in [3.05, 3.63) is 0 Å². The summed E-state index contributed by atoms with van der Waals surface area (Å²) in [5.74, 6) is -0.864. The van der Waals surface area contributed by atoms with Gasteiger partial charge in [0.1, 0.15) is 5.75 Å². The molecule has 0 heterocycles. The summed E-state index contributed by atoms with van der Waals surface area (Å²) < 4.78 is 28.6. The van der Waals surface area contributed by atoms with Crippen molar-refractivity contribution in [2.45, 2.75) is 38.0 Å². The van der Waals surface area contributed by atoms with Crippen molar-refractivity contribution >= 4 is 15.8 Å². The number of rotatable bonds is 3. The maximum absolute atomic E-state index is 12.1. The highest BCUT2D eigenvalue weighted by molar-refractivity contribution is 7.92. The fraction of sp³-hybridized carbons (Fsp3) is 0.909. The third-order valence-corrected chi connectivity index (χ3v) is 5.67. The van der Waals surface area contributed by atoms with Gasteiger partial charge in [-0.05, 0) is 24.7 Å². The largest absolute Gasteiger partial charge is 0.468 e. The summed E-state index contributed by atoms with van der Waals surface area (Å²) in [6.07, 6.45) is 1.52. The van der Waals surface area contributed by atoms with Crippen LogP contribution in [0.5, 0.6) is 0 Å². The molecule has 5 nitrogen and oxygen atoms in total. The van der Waals surface area contributed by atoms with Crippen molar-refractivity contribution in [2.24, 2.45) is 17.6 Å². The summed E-state index contributed by atoms with van der Waals surface area (Å²) in [4.78, 5) is 11.1. The van der Waals surface area contributed by atoms with E-state index in [1.165, 1.54) is 7.11 Å². The summed E-state index contributed by atoms with van der Waals surface area (Å²) in [6, 6.07) is -0.386. The highest BCUT2D eigenvalue weighted by Gasteiger charge is 2.41. The van der Waals surface area contributed by atoms with Crippen molar-refractivity contribution in [2.75, 3.05) is 12.9 Å². The van der Waals surface area contributed by atoms with Gasteiger partial charge in [-0.3, -0.25) is 4.79 Å². The number of ether oxygens (including phenoxy) is 1. The molecule has 6 heteroatoms. The minimum absolute atomic E-state index is 0.0107. The van der Waals surface area contributed by atoms with Crippen molar-refractivity contribution in [1.29, 1.82) is 0 Å². The zero-order valence-electron chi connectivity index (χ0n) is 10.5. The zero-order valence-corrected chi connectivity index (χ0v) is 11.4. The van der Waals surface area contributed by atoms with Crippen LogP contribution in [0, 0.1) is 11.8 Å². The van der Waals surface area contributed by atoms with Crippen LogP contribution in [0.25, 0.3) is 0 Å². The number of carbonyl (C=O) groups excluding carboxylic acids is 1. The number of carbonyl (C=O) groups is 1. The average molecular weight is 263 g/mol. The Morgan fingerprint density at radius 3 is 2.41 bits per heavy atom. The Morgan fingerprint density at radius 2 is 1.94 bits per heavy atom. The van der Waals surface area contributed by atoms with Crippen LogP contribution in [0.3, 0.4) is 0 Å². The highest BCUT2D eigenvalue weighted by Crippen LogP contribution is 2.32. The Balaban J connectivity index is 2.86. The van der Waals surface area contributed by atoms with Gasteiger partial charge in [-0.2, -0.15) is 0 Å². The lowest BCUT2D eigenvalue weighted by Gasteiger charge is -2.36. The Morgan fingerprint density at radius 1 is 1.35 bits per heavy atom. The van der Waals surface area contributed by atoms with Crippen molar-refractivity contribution in [3.8, 4) is 0 Å². The lowest BCUT2D eigenvalue weighted by Crippen LogP contribution is -2.50. The van der Waals surface area contributed by atoms with Gasteiger partial charge in [0.25, 0.3) is 0 Å². The van der Waals surface area contributed by atoms with E-state index >= 15 is 0 Å². The van der Waals surface area contributed by atoms with Crippen LogP contribution < -0.4 is 5.73 Å². The second-order valence-electron chi connectivity index (χ2n) is 5.07. The first-order valence-electron chi connectivity index (χ1n) is 5.82. The van der Waals surface area contributed by atoms with Crippen molar-refractivity contribution in [1.82, 2.24) is 0 Å². The first-order valence-corrected chi connectivity index (χ1v) is 7.53. The predicted molar refractivity (Wildman–Crippen MR) is 65.1 cm³/mol. The summed E-state index contributed by atoms with van der Waals surface area (Å²) in [5.41, 5.74) is 5.93. The monoisotopic (exact) mass is 263 g/mol. The summed E-state index contributed by atoms with van der Waals surface area (Å²) in [5, 5.41) is -0.627. The summed E-state index contributed by atoms with van der Waals surface area (Å²) in [7, 11) is -2.33. The normalized spacial score (nSPS) is 34.4. The Labute approximate surface area is 103 Å². The molecule has 4 unspecified atom stereocenters. The summed E-state index contributed by atoms with van der Waals surface area (Å²) in [6.45, 7) is 3.95. The van der Waals surface area contributed by atoms with E-state index in [0.29, 0.717) is 12.3 Å². The van der Waals surface area contributed by atoms with Crippen LogP contribution in [0.2, 0.25) is 0 Å². The molecule has 4 atom stereocenters. The van der Waals surface area contributed by atoms with Crippen LogP contribution in [0.4, 0.5) is 0 Å². The van der Waals surface area contributed by atoms with Crippen LogP contribution in [0.15, 0.2) is 0 Å². The van der Waals surface area contributed by atoms with E-state index in [2.05, 4.69) is 11.7 Å². The standard InChI is InChI=1S/C11H21NO4S/c1-7-4-8(2)11(9(12)5-7)17(14,15)6-10(13)16-3/h7-9,11H,4-6,12H2,1-3H3. The number of hydrogen-bond donors (Lipinski definition) is 1. The highest BCUT2D eigenvalue weighted by atomic mass is 32.2. The van der Waals surface area contributed by atoms with Crippen molar-refractivity contribution < 1.29 is 17.9 Å². The Hall–Kier alpha value is -0.620. The minimum Gasteiger partial charge on any atom is -0.468 e. The van der Waals surface area contributed by atoms with Gasteiger partial charge >= 0.3 is 5.97 Å². The lowest BCUT2D eigenvalue weighted by atomic mass is 9.80. The molecule has 0 aromatic carbocycles. The number of sulfone groups is 1. The Bertz CT molecular complexity index is 367. The smallest absolute Gasteiger partial charge is 0.320 e. The van der Waals surface area contributed by atoms with Gasteiger partial charge in [0, 0.05) is 6.04 Å². The summed E-state index contributed by atoms with van der Waals surface area (Å²) >= 11 is 0. The molecule has 0 bridgehead atoms. The lowest BCUT2D eigenvalue weighted by molar-refractivity contribution is -0.137. The topological polar surface area (TPSA) is 86.5 Å². The van der Waals surface area contributed by atoms with E-state index in [1.54, 1.807) is 0 Å². The van der Waals surface area contributed by atoms with Gasteiger partial charge in [0.2, 0.25) is 0 Å². The molecule has 1 saturated carbocycles. The molecule has 0 spiro atoms. The molecule has 1 aliphatic rings. The maximum Gasteiger partial charge on any atom is 0.320 e. The van der Waals surface area contributed by atoms with E-state index in [9.17, 15) is 13.2 Å². The van der Waals surface area contributed by atoms with E-state index in [4.69, 9.17) is 5.73 Å². The number of nitrogens with two attached hydrogens (primary N) is 1. The molecule has 0 radical (unpaired) electrons. The van der Waals surface area contributed by atoms with Crippen LogP contribution >= 0.6 is 0 Å². The SMILES string of the molecule is COC(=O)CS(=O)(=O)C1C(C)CC(C)CC1N. The van der Waals surface area contributed by atoms with E-state index in [0.717, 1.165) is 6.42 Å². The molecule has 100 valence electrons. The predicted octanol–water partition coefficient (Wildman–Crippen LogP) is 0.336. The molecule has 0 aromatic rings. The maximum atomic E-state index is 12.1. The van der Waals surface area contributed by atoms with E-state index in [-0.39, 0.29) is 12.0 Å². The van der Waals surface area contributed by atoms with Crippen LogP contribution in [0.1, 0.15) is 26.7 Å². The van der Waals surface area contributed by atoms with Gasteiger partial charge in [0.05, 0.1) is 12.4 Å². The van der Waals surface area contributed by atoms with Gasteiger partial charge in [-0.15, -0.1) is 0 Å². The second kappa shape index (κ2) is 5.35.